The van der Waals surface area contributed by atoms with Crippen molar-refractivity contribution >= 4 is 17.7 Å². The minimum Gasteiger partial charge on any atom is -0.435 e. The van der Waals surface area contributed by atoms with Crippen molar-refractivity contribution in [3.05, 3.63) is 35.5 Å². The summed E-state index contributed by atoms with van der Waals surface area (Å²) in [5, 5.41) is 5.66. The summed E-state index contributed by atoms with van der Waals surface area (Å²) >= 11 is 0. The topological polar surface area (TPSA) is 79.4 Å². The van der Waals surface area contributed by atoms with Gasteiger partial charge in [-0.1, -0.05) is 0 Å². The molecule has 0 bridgehead atoms. The van der Waals surface area contributed by atoms with Crippen molar-refractivity contribution in [2.45, 2.75) is 38.0 Å². The van der Waals surface area contributed by atoms with Crippen LogP contribution in [0.1, 0.15) is 37.0 Å². The van der Waals surface area contributed by atoms with Gasteiger partial charge in [-0.2, -0.15) is 0 Å². The van der Waals surface area contributed by atoms with Crippen LogP contribution in [0, 0.1) is 5.92 Å². The molecule has 4 heterocycles. The third-order valence-corrected chi connectivity index (χ3v) is 6.40. The monoisotopic (exact) mass is 447 g/mol. The molecule has 1 amide bonds. The summed E-state index contributed by atoms with van der Waals surface area (Å²) in [5.41, 5.74) is -0.349. The third-order valence-electron chi connectivity index (χ3n) is 6.40. The van der Waals surface area contributed by atoms with Crippen molar-refractivity contribution in [1.82, 2.24) is 15.3 Å². The summed E-state index contributed by atoms with van der Waals surface area (Å²) in [6.45, 7) is 4.52. The Kier molecular flexibility index (Phi) is 5.19. The first-order valence-electron chi connectivity index (χ1n) is 10.8. The number of amides is 1. The quantitative estimate of drug-likeness (QED) is 0.721. The highest BCUT2D eigenvalue weighted by Crippen LogP contribution is 2.49. The molecule has 1 saturated heterocycles. The summed E-state index contributed by atoms with van der Waals surface area (Å²) in [4.78, 5) is 22.6. The van der Waals surface area contributed by atoms with Crippen LogP contribution < -0.4 is 15.5 Å². The molecule has 2 unspecified atom stereocenters. The van der Waals surface area contributed by atoms with Gasteiger partial charge < -0.3 is 15.0 Å². The van der Waals surface area contributed by atoms with Gasteiger partial charge in [0.25, 0.3) is 6.43 Å². The molecule has 7 nitrogen and oxygen atoms in total. The van der Waals surface area contributed by atoms with Crippen LogP contribution in [0.15, 0.2) is 24.4 Å². The highest BCUT2D eigenvalue weighted by molar-refractivity contribution is 5.89. The van der Waals surface area contributed by atoms with E-state index in [1.165, 1.54) is 6.20 Å². The van der Waals surface area contributed by atoms with E-state index in [1.54, 1.807) is 25.1 Å². The first kappa shape index (κ1) is 21.0. The number of anilines is 2. The van der Waals surface area contributed by atoms with Crippen LogP contribution in [0.2, 0.25) is 0 Å². The van der Waals surface area contributed by atoms with E-state index >= 15 is 4.39 Å². The molecule has 0 radical (unpaired) electrons. The van der Waals surface area contributed by atoms with Crippen LogP contribution in [-0.4, -0.2) is 48.7 Å². The van der Waals surface area contributed by atoms with E-state index in [9.17, 15) is 13.6 Å². The molecule has 0 spiro atoms. The molecule has 2 aliphatic heterocycles. The number of nitrogens with zero attached hydrogens (tertiary/aromatic N) is 3. The number of hydrogen-bond acceptors (Lipinski definition) is 6. The Morgan fingerprint density at radius 1 is 1.25 bits per heavy atom. The SMILES string of the molecule is CC(F)(c1cc(-c2ccnc3c2C(C(F)F)OC(=O)N3)nc(N2CCNCC2)c1)C1CC1. The number of piperazine rings is 1. The van der Waals surface area contributed by atoms with Crippen LogP contribution in [0.3, 0.4) is 0 Å². The van der Waals surface area contributed by atoms with Gasteiger partial charge in [0, 0.05) is 37.9 Å². The Hall–Kier alpha value is -2.88. The number of nitrogens with one attached hydrogen (secondary N) is 2. The standard InChI is InChI=1S/C22H24F3N5O2/c1-22(25,12-2-3-12)13-10-15(28-16(11-13)30-8-6-26-7-9-30)14-4-5-27-20-17(14)18(19(23)24)32-21(31)29-20/h4-5,10-12,18-19,26H,2-3,6-9H2,1H3,(H,27,29,31). The molecule has 2 N–H and O–H groups in total. The number of halogens is 3. The fraction of sp³-hybridized carbons (Fsp3) is 0.500. The lowest BCUT2D eigenvalue weighted by Crippen LogP contribution is -2.44. The number of fused-ring (bicyclic) bond motifs is 1. The van der Waals surface area contributed by atoms with Crippen LogP contribution in [0.5, 0.6) is 0 Å². The summed E-state index contributed by atoms with van der Waals surface area (Å²) < 4.78 is 48.2. The summed E-state index contributed by atoms with van der Waals surface area (Å²) in [7, 11) is 0. The Morgan fingerprint density at radius 2 is 2.00 bits per heavy atom. The van der Waals surface area contributed by atoms with Crippen molar-refractivity contribution in [2.75, 3.05) is 36.4 Å². The number of alkyl halides is 3. The molecular formula is C22H24F3N5O2. The molecule has 1 aliphatic carbocycles. The van der Waals surface area contributed by atoms with Gasteiger partial charge in [-0.05, 0) is 49.4 Å². The van der Waals surface area contributed by atoms with Crippen LogP contribution >= 0.6 is 0 Å². The number of pyridine rings is 2. The minimum atomic E-state index is -2.95. The number of rotatable bonds is 5. The average molecular weight is 447 g/mol. The lowest BCUT2D eigenvalue weighted by Gasteiger charge is -2.31. The van der Waals surface area contributed by atoms with Crippen molar-refractivity contribution in [2.24, 2.45) is 5.92 Å². The predicted octanol–water partition coefficient (Wildman–Crippen LogP) is 4.02. The van der Waals surface area contributed by atoms with Gasteiger partial charge in [0.2, 0.25) is 0 Å². The normalized spacial score (nSPS) is 22.7. The molecule has 10 heteroatoms. The Bertz CT molecular complexity index is 1040. The first-order chi connectivity index (χ1) is 15.3. The maximum atomic E-state index is 15.8. The largest absolute Gasteiger partial charge is 0.435 e. The molecule has 2 fully saturated rings. The molecule has 0 aromatic carbocycles. The third kappa shape index (κ3) is 3.76. The Morgan fingerprint density at radius 3 is 2.69 bits per heavy atom. The van der Waals surface area contributed by atoms with Gasteiger partial charge in [-0.15, -0.1) is 0 Å². The average Bonchev–Trinajstić information content (AvgIpc) is 3.64. The van der Waals surface area contributed by atoms with Crippen molar-refractivity contribution in [3.8, 4) is 11.3 Å². The zero-order valence-corrected chi connectivity index (χ0v) is 17.6. The summed E-state index contributed by atoms with van der Waals surface area (Å²) in [6, 6.07) is 4.94. The number of ether oxygens (including phenoxy) is 1. The number of cyclic esters (lactones) is 1. The van der Waals surface area contributed by atoms with Crippen molar-refractivity contribution in [3.63, 3.8) is 0 Å². The zero-order valence-electron chi connectivity index (χ0n) is 17.6. The van der Waals surface area contributed by atoms with Crippen molar-refractivity contribution < 1.29 is 22.7 Å². The first-order valence-corrected chi connectivity index (χ1v) is 10.8. The van der Waals surface area contributed by atoms with Gasteiger partial charge in [0.15, 0.2) is 6.10 Å². The van der Waals surface area contributed by atoms with E-state index in [0.717, 1.165) is 25.9 Å². The molecule has 1 saturated carbocycles. The zero-order chi connectivity index (χ0) is 22.5. The maximum absolute atomic E-state index is 15.8. The van der Waals surface area contributed by atoms with E-state index in [-0.39, 0.29) is 17.3 Å². The molecule has 2 atom stereocenters. The lowest BCUT2D eigenvalue weighted by atomic mass is 9.90. The highest BCUT2D eigenvalue weighted by atomic mass is 19.3. The second-order valence-corrected chi connectivity index (χ2v) is 8.59. The van der Waals surface area contributed by atoms with Crippen LogP contribution in [0.4, 0.5) is 29.6 Å². The van der Waals surface area contributed by atoms with Gasteiger partial charge in [-0.3, -0.25) is 5.32 Å². The summed E-state index contributed by atoms with van der Waals surface area (Å²) in [5.74, 6) is 0.532. The van der Waals surface area contributed by atoms with E-state index in [4.69, 9.17) is 9.72 Å². The van der Waals surface area contributed by atoms with E-state index in [1.807, 2.05) is 0 Å². The number of aromatic nitrogens is 2. The molecule has 170 valence electrons. The highest BCUT2D eigenvalue weighted by Gasteiger charge is 2.44. The van der Waals surface area contributed by atoms with Gasteiger partial charge in [0.1, 0.15) is 17.3 Å². The molecular weight excluding hydrogens is 423 g/mol. The Labute approximate surface area is 183 Å². The molecule has 3 aliphatic rings. The second-order valence-electron chi connectivity index (χ2n) is 8.59. The van der Waals surface area contributed by atoms with Crippen molar-refractivity contribution in [1.29, 1.82) is 0 Å². The fourth-order valence-corrected chi connectivity index (χ4v) is 4.42. The Balaban J connectivity index is 1.66. The molecule has 32 heavy (non-hydrogen) atoms. The molecule has 2 aromatic rings. The minimum absolute atomic E-state index is 0.00480. The summed E-state index contributed by atoms with van der Waals surface area (Å²) in [6.07, 6.45) is -2.68. The number of carbonyl (C=O) groups excluding carboxylic acids is 1. The number of hydrogen-bond donors (Lipinski definition) is 2. The van der Waals surface area contributed by atoms with E-state index in [2.05, 4.69) is 20.5 Å². The number of carbonyl (C=O) groups is 1. The smallest absolute Gasteiger partial charge is 0.413 e. The van der Waals surface area contributed by atoms with Gasteiger partial charge in [-0.25, -0.2) is 27.9 Å². The maximum Gasteiger partial charge on any atom is 0.413 e. The van der Waals surface area contributed by atoms with E-state index < -0.39 is 24.3 Å². The van der Waals surface area contributed by atoms with Gasteiger partial charge >= 0.3 is 6.09 Å². The fourth-order valence-electron chi connectivity index (χ4n) is 4.42. The van der Waals surface area contributed by atoms with Gasteiger partial charge in [0.05, 0.1) is 11.3 Å². The van der Waals surface area contributed by atoms with Crippen LogP contribution in [0.25, 0.3) is 11.3 Å². The lowest BCUT2D eigenvalue weighted by molar-refractivity contribution is -0.0168. The van der Waals surface area contributed by atoms with Crippen LogP contribution in [-0.2, 0) is 10.4 Å². The predicted molar refractivity (Wildman–Crippen MR) is 113 cm³/mol. The molecule has 5 rings (SSSR count). The molecule has 2 aromatic heterocycles. The second kappa shape index (κ2) is 7.91. The van der Waals surface area contributed by atoms with E-state index in [0.29, 0.717) is 35.7 Å².